The third kappa shape index (κ3) is 3.10. The Kier molecular flexibility index (Phi) is 5.13. The van der Waals surface area contributed by atoms with Crippen LogP contribution >= 0.6 is 11.6 Å². The highest BCUT2D eigenvalue weighted by atomic mass is 35.5. The summed E-state index contributed by atoms with van der Waals surface area (Å²) in [5.74, 6) is -1.64. The van der Waals surface area contributed by atoms with Crippen molar-refractivity contribution in [3.63, 3.8) is 0 Å². The lowest BCUT2D eigenvalue weighted by Crippen LogP contribution is -2.52. The van der Waals surface area contributed by atoms with Crippen molar-refractivity contribution in [1.29, 1.82) is 0 Å². The van der Waals surface area contributed by atoms with Gasteiger partial charge >= 0.3 is 5.97 Å². The Morgan fingerprint density at radius 3 is 2.18 bits per heavy atom. The van der Waals surface area contributed by atoms with Crippen molar-refractivity contribution in [3.8, 4) is 0 Å². The Balaban J connectivity index is 1.50. The standard InChI is InChI=1S/C22H27ClN2O3/c1-13(2)18-14-7-8-15(18)20(22(27)28)19(14)21(26)25-11-9-24(10-12-25)17-6-4-3-5-16(17)23/h3-6,14-15,19-20H,7-12H2,1-2H3,(H,27,28)/t14-,15+,19-,20+/m1/s1. The minimum Gasteiger partial charge on any atom is -0.481 e. The Hall–Kier alpha value is -2.01. The Bertz CT molecular complexity index is 825. The van der Waals surface area contributed by atoms with Crippen molar-refractivity contribution in [2.75, 3.05) is 31.1 Å². The van der Waals surface area contributed by atoms with Crippen LogP contribution in [0.2, 0.25) is 5.02 Å². The Morgan fingerprint density at radius 2 is 1.61 bits per heavy atom. The van der Waals surface area contributed by atoms with E-state index < -0.39 is 17.8 Å². The van der Waals surface area contributed by atoms with Gasteiger partial charge in [0.25, 0.3) is 0 Å². The van der Waals surface area contributed by atoms with Gasteiger partial charge in [-0.05, 0) is 50.7 Å². The van der Waals surface area contributed by atoms with E-state index in [-0.39, 0.29) is 17.7 Å². The zero-order valence-electron chi connectivity index (χ0n) is 16.4. The summed E-state index contributed by atoms with van der Waals surface area (Å²) in [6, 6.07) is 7.75. The molecule has 1 aromatic rings. The number of carbonyl (C=O) groups is 2. The van der Waals surface area contributed by atoms with E-state index in [0.29, 0.717) is 26.2 Å². The summed E-state index contributed by atoms with van der Waals surface area (Å²) in [7, 11) is 0. The Morgan fingerprint density at radius 1 is 1.00 bits per heavy atom. The van der Waals surface area contributed by atoms with E-state index in [9.17, 15) is 14.7 Å². The Labute approximate surface area is 171 Å². The van der Waals surface area contributed by atoms with Gasteiger partial charge in [-0.2, -0.15) is 0 Å². The molecule has 150 valence electrons. The number of carbonyl (C=O) groups excluding carboxylic acids is 1. The second-order valence-electron chi connectivity index (χ2n) is 8.40. The van der Waals surface area contributed by atoms with E-state index in [0.717, 1.165) is 23.6 Å². The number of para-hydroxylation sites is 1. The number of halogens is 1. The third-order valence-electron chi connectivity index (χ3n) is 6.77. The average molecular weight is 403 g/mol. The van der Waals surface area contributed by atoms with Crippen molar-refractivity contribution in [1.82, 2.24) is 4.90 Å². The molecule has 4 atom stereocenters. The molecule has 0 unspecified atom stereocenters. The molecule has 0 aromatic heterocycles. The van der Waals surface area contributed by atoms with Crippen molar-refractivity contribution in [2.24, 2.45) is 23.7 Å². The first-order valence-electron chi connectivity index (χ1n) is 10.1. The molecule has 5 nitrogen and oxygen atoms in total. The maximum absolute atomic E-state index is 13.4. The van der Waals surface area contributed by atoms with Gasteiger partial charge in [-0.1, -0.05) is 34.9 Å². The van der Waals surface area contributed by atoms with Gasteiger partial charge in [0.2, 0.25) is 5.91 Å². The predicted molar refractivity (Wildman–Crippen MR) is 109 cm³/mol. The number of aliphatic carboxylic acids is 1. The zero-order valence-corrected chi connectivity index (χ0v) is 17.2. The number of hydrogen-bond donors (Lipinski definition) is 1. The first-order chi connectivity index (χ1) is 13.4. The van der Waals surface area contributed by atoms with Crippen LogP contribution in [0.1, 0.15) is 26.7 Å². The number of amides is 1. The third-order valence-corrected chi connectivity index (χ3v) is 7.09. The summed E-state index contributed by atoms with van der Waals surface area (Å²) in [4.78, 5) is 29.5. The summed E-state index contributed by atoms with van der Waals surface area (Å²) < 4.78 is 0. The molecule has 2 aliphatic carbocycles. The maximum atomic E-state index is 13.4. The van der Waals surface area contributed by atoms with Gasteiger partial charge in [-0.3, -0.25) is 9.59 Å². The molecule has 1 aliphatic heterocycles. The number of hydrogen-bond acceptors (Lipinski definition) is 3. The van der Waals surface area contributed by atoms with Crippen LogP contribution in [0.25, 0.3) is 0 Å². The van der Waals surface area contributed by atoms with Gasteiger partial charge in [-0.15, -0.1) is 0 Å². The summed E-state index contributed by atoms with van der Waals surface area (Å²) in [6.45, 7) is 6.74. The molecule has 1 heterocycles. The van der Waals surface area contributed by atoms with Gasteiger partial charge in [0.05, 0.1) is 22.5 Å². The number of benzene rings is 1. The van der Waals surface area contributed by atoms with Gasteiger partial charge in [0.15, 0.2) is 0 Å². The number of piperazine rings is 1. The molecular weight excluding hydrogens is 376 g/mol. The minimum atomic E-state index is -0.820. The van der Waals surface area contributed by atoms with Crippen LogP contribution in [-0.4, -0.2) is 48.1 Å². The van der Waals surface area contributed by atoms with Crippen LogP contribution < -0.4 is 4.90 Å². The number of carboxylic acid groups (broad SMARTS) is 1. The first kappa shape index (κ1) is 19.3. The maximum Gasteiger partial charge on any atom is 0.307 e. The van der Waals surface area contributed by atoms with E-state index in [2.05, 4.69) is 18.7 Å². The molecule has 0 spiro atoms. The smallest absolute Gasteiger partial charge is 0.307 e. The number of carboxylic acids is 1. The number of fused-ring (bicyclic) bond motifs is 2. The number of anilines is 1. The lowest BCUT2D eigenvalue weighted by atomic mass is 9.78. The highest BCUT2D eigenvalue weighted by Crippen LogP contribution is 2.57. The lowest BCUT2D eigenvalue weighted by Gasteiger charge is -2.39. The molecule has 2 bridgehead atoms. The minimum absolute atomic E-state index is 0.0251. The van der Waals surface area contributed by atoms with E-state index in [1.54, 1.807) is 0 Å². The molecule has 1 amide bonds. The van der Waals surface area contributed by atoms with E-state index >= 15 is 0 Å². The average Bonchev–Trinajstić information content (AvgIpc) is 3.24. The monoisotopic (exact) mass is 402 g/mol. The molecule has 1 N–H and O–H groups in total. The fourth-order valence-corrected chi connectivity index (χ4v) is 5.93. The summed E-state index contributed by atoms with van der Waals surface area (Å²) >= 11 is 6.31. The van der Waals surface area contributed by atoms with E-state index in [1.807, 2.05) is 29.2 Å². The number of allylic oxidation sites excluding steroid dienone is 2. The zero-order chi connectivity index (χ0) is 20.0. The van der Waals surface area contributed by atoms with Crippen molar-refractivity contribution in [2.45, 2.75) is 26.7 Å². The molecule has 4 rings (SSSR count). The topological polar surface area (TPSA) is 60.9 Å². The largest absolute Gasteiger partial charge is 0.481 e. The number of nitrogens with zero attached hydrogens (tertiary/aromatic N) is 2. The van der Waals surface area contributed by atoms with Crippen LogP contribution in [0.4, 0.5) is 5.69 Å². The second-order valence-corrected chi connectivity index (χ2v) is 8.81. The van der Waals surface area contributed by atoms with Crippen molar-refractivity contribution < 1.29 is 14.7 Å². The fraction of sp³-hybridized carbons (Fsp3) is 0.545. The SMILES string of the molecule is CC(C)=C1[C@H]2CC[C@@H]1[C@H](C(=O)O)[C@@H]2C(=O)N1CCN(c2ccccc2Cl)CC1. The van der Waals surface area contributed by atoms with E-state index in [4.69, 9.17) is 11.6 Å². The van der Waals surface area contributed by atoms with Crippen LogP contribution in [0.5, 0.6) is 0 Å². The molecule has 0 radical (unpaired) electrons. The molecule has 1 aromatic carbocycles. The van der Waals surface area contributed by atoms with E-state index in [1.165, 1.54) is 11.1 Å². The quantitative estimate of drug-likeness (QED) is 0.783. The predicted octanol–water partition coefficient (Wildman–Crippen LogP) is 3.68. The van der Waals surface area contributed by atoms with Gasteiger partial charge in [-0.25, -0.2) is 0 Å². The van der Waals surface area contributed by atoms with Crippen LogP contribution in [0.3, 0.4) is 0 Å². The molecule has 1 saturated heterocycles. The van der Waals surface area contributed by atoms with Crippen molar-refractivity contribution in [3.05, 3.63) is 40.4 Å². The molecule has 3 fully saturated rings. The molecule has 6 heteroatoms. The summed E-state index contributed by atoms with van der Waals surface area (Å²) in [5, 5.41) is 10.6. The van der Waals surface area contributed by atoms with Gasteiger partial charge in [0.1, 0.15) is 0 Å². The van der Waals surface area contributed by atoms with Gasteiger partial charge < -0.3 is 14.9 Å². The number of rotatable bonds is 3. The van der Waals surface area contributed by atoms with Crippen LogP contribution in [0.15, 0.2) is 35.4 Å². The highest BCUT2D eigenvalue weighted by Gasteiger charge is 2.58. The first-order valence-corrected chi connectivity index (χ1v) is 10.5. The normalized spacial score (nSPS) is 29.3. The highest BCUT2D eigenvalue weighted by molar-refractivity contribution is 6.33. The lowest BCUT2D eigenvalue weighted by molar-refractivity contribution is -0.153. The molecule has 28 heavy (non-hydrogen) atoms. The fourth-order valence-electron chi connectivity index (χ4n) is 5.67. The summed E-state index contributed by atoms with van der Waals surface area (Å²) in [5.41, 5.74) is 3.42. The van der Waals surface area contributed by atoms with Crippen LogP contribution in [0, 0.1) is 23.7 Å². The molecular formula is C22H27ClN2O3. The molecule has 2 saturated carbocycles. The van der Waals surface area contributed by atoms with Crippen molar-refractivity contribution >= 4 is 29.2 Å². The second kappa shape index (κ2) is 7.43. The van der Waals surface area contributed by atoms with Gasteiger partial charge in [0, 0.05) is 26.2 Å². The van der Waals surface area contributed by atoms with Crippen LogP contribution in [-0.2, 0) is 9.59 Å². The summed E-state index contributed by atoms with van der Waals surface area (Å²) in [6.07, 6.45) is 1.83. The molecule has 3 aliphatic rings.